The zero-order valence-corrected chi connectivity index (χ0v) is 15.7. The molecule has 27 heavy (non-hydrogen) atoms. The molecule has 1 N–H and O–H groups in total. The Hall–Kier alpha value is -2.99. The van der Waals surface area contributed by atoms with Crippen molar-refractivity contribution < 1.29 is 18.8 Å². The number of carbonyl (C=O) groups excluding carboxylic acids is 1. The van der Waals surface area contributed by atoms with Crippen LogP contribution >= 0.6 is 11.6 Å². The van der Waals surface area contributed by atoms with Crippen molar-refractivity contribution in [3.8, 4) is 11.5 Å². The van der Waals surface area contributed by atoms with Crippen LogP contribution in [0.3, 0.4) is 0 Å². The van der Waals surface area contributed by atoms with Crippen LogP contribution in [0.15, 0.2) is 53.1 Å². The number of anilines is 1. The van der Waals surface area contributed by atoms with Crippen LogP contribution in [0.4, 0.5) is 5.69 Å². The van der Waals surface area contributed by atoms with E-state index in [1.807, 2.05) is 6.92 Å². The highest BCUT2D eigenvalue weighted by molar-refractivity contribution is 6.30. The number of aryl methyl sites for hydroxylation is 1. The first kappa shape index (κ1) is 18.8. The molecule has 3 aromatic rings. The van der Waals surface area contributed by atoms with Gasteiger partial charge in [-0.25, -0.2) is 0 Å². The van der Waals surface area contributed by atoms with E-state index in [0.717, 1.165) is 5.75 Å². The first-order valence-electron chi connectivity index (χ1n) is 8.44. The Bertz CT molecular complexity index is 905. The molecule has 0 saturated carbocycles. The maximum atomic E-state index is 12.6. The highest BCUT2D eigenvalue weighted by Crippen LogP contribution is 2.21. The SMILES string of the molecule is CCOc1ccc(NC(=O)c2noc(C)c2COc2ccc(Cl)cc2)cc1. The van der Waals surface area contributed by atoms with E-state index in [2.05, 4.69) is 10.5 Å². The van der Waals surface area contributed by atoms with Crippen LogP contribution in [0.5, 0.6) is 11.5 Å². The average molecular weight is 387 g/mol. The number of carbonyl (C=O) groups is 1. The van der Waals surface area contributed by atoms with Crippen LogP contribution in [0.25, 0.3) is 0 Å². The second-order valence-corrected chi connectivity index (χ2v) is 6.16. The topological polar surface area (TPSA) is 73.6 Å². The monoisotopic (exact) mass is 386 g/mol. The molecule has 0 bridgehead atoms. The minimum Gasteiger partial charge on any atom is -0.494 e. The van der Waals surface area contributed by atoms with Gasteiger partial charge in [-0.2, -0.15) is 0 Å². The second-order valence-electron chi connectivity index (χ2n) is 5.72. The van der Waals surface area contributed by atoms with Gasteiger partial charge in [0.05, 0.1) is 12.2 Å². The number of nitrogens with zero attached hydrogens (tertiary/aromatic N) is 1. The van der Waals surface area contributed by atoms with Crippen molar-refractivity contribution >= 4 is 23.2 Å². The summed E-state index contributed by atoms with van der Waals surface area (Å²) in [6, 6.07) is 14.1. The Morgan fingerprint density at radius 2 is 1.70 bits per heavy atom. The smallest absolute Gasteiger partial charge is 0.278 e. The zero-order valence-electron chi connectivity index (χ0n) is 15.0. The summed E-state index contributed by atoms with van der Waals surface area (Å²) in [5.41, 5.74) is 1.41. The van der Waals surface area contributed by atoms with Gasteiger partial charge >= 0.3 is 0 Å². The quantitative estimate of drug-likeness (QED) is 0.627. The lowest BCUT2D eigenvalue weighted by molar-refractivity contribution is 0.101. The Morgan fingerprint density at radius 1 is 1.07 bits per heavy atom. The second kappa shape index (κ2) is 8.60. The lowest BCUT2D eigenvalue weighted by atomic mass is 10.2. The fourth-order valence-corrected chi connectivity index (χ4v) is 2.54. The minimum atomic E-state index is -0.370. The molecule has 0 radical (unpaired) electrons. The summed E-state index contributed by atoms with van der Waals surface area (Å²) in [4.78, 5) is 12.6. The molecule has 2 aromatic carbocycles. The number of hydrogen-bond acceptors (Lipinski definition) is 5. The van der Waals surface area contributed by atoms with Gasteiger partial charge in [-0.05, 0) is 62.4 Å². The molecule has 1 aromatic heterocycles. The molecular weight excluding hydrogens is 368 g/mol. The lowest BCUT2D eigenvalue weighted by Crippen LogP contribution is -2.15. The van der Waals surface area contributed by atoms with Gasteiger partial charge in [0.15, 0.2) is 5.69 Å². The highest BCUT2D eigenvalue weighted by Gasteiger charge is 2.20. The van der Waals surface area contributed by atoms with E-state index in [1.54, 1.807) is 55.5 Å². The summed E-state index contributed by atoms with van der Waals surface area (Å²) in [5, 5.41) is 7.29. The van der Waals surface area contributed by atoms with E-state index >= 15 is 0 Å². The molecule has 0 atom stereocenters. The van der Waals surface area contributed by atoms with Crippen LogP contribution in [0.1, 0.15) is 28.7 Å². The Kier molecular flexibility index (Phi) is 5.98. The van der Waals surface area contributed by atoms with Crippen LogP contribution < -0.4 is 14.8 Å². The molecule has 0 saturated heterocycles. The van der Waals surface area contributed by atoms with Gasteiger partial charge in [0.25, 0.3) is 5.91 Å². The van der Waals surface area contributed by atoms with E-state index in [1.165, 1.54) is 0 Å². The number of aromatic nitrogens is 1. The maximum Gasteiger partial charge on any atom is 0.278 e. The first-order valence-corrected chi connectivity index (χ1v) is 8.82. The summed E-state index contributed by atoms with van der Waals surface area (Å²) in [5.74, 6) is 1.54. The van der Waals surface area contributed by atoms with Gasteiger partial charge in [0.2, 0.25) is 0 Å². The van der Waals surface area contributed by atoms with Gasteiger partial charge in [-0.15, -0.1) is 0 Å². The number of ether oxygens (including phenoxy) is 2. The molecule has 0 unspecified atom stereocenters. The van der Waals surface area contributed by atoms with Gasteiger partial charge in [0.1, 0.15) is 23.9 Å². The number of hydrogen-bond donors (Lipinski definition) is 1. The summed E-state index contributed by atoms with van der Waals surface area (Å²) in [6.07, 6.45) is 0. The largest absolute Gasteiger partial charge is 0.494 e. The van der Waals surface area contributed by atoms with Gasteiger partial charge in [-0.1, -0.05) is 16.8 Å². The minimum absolute atomic E-state index is 0.156. The average Bonchev–Trinajstić information content (AvgIpc) is 3.04. The van der Waals surface area contributed by atoms with Crippen molar-refractivity contribution in [2.75, 3.05) is 11.9 Å². The molecule has 0 aliphatic carbocycles. The van der Waals surface area contributed by atoms with E-state index in [9.17, 15) is 4.79 Å². The Labute approximate surface area is 162 Å². The van der Waals surface area contributed by atoms with Crippen molar-refractivity contribution in [1.82, 2.24) is 5.16 Å². The predicted octanol–water partition coefficient (Wildman–Crippen LogP) is 4.87. The van der Waals surface area contributed by atoms with Crippen LogP contribution in [-0.4, -0.2) is 17.7 Å². The molecule has 0 spiro atoms. The maximum absolute atomic E-state index is 12.6. The summed E-state index contributed by atoms with van der Waals surface area (Å²) in [7, 11) is 0. The first-order chi connectivity index (χ1) is 13.1. The van der Waals surface area contributed by atoms with Gasteiger partial charge in [0, 0.05) is 10.7 Å². The van der Waals surface area contributed by atoms with Gasteiger partial charge in [-0.3, -0.25) is 4.79 Å². The van der Waals surface area contributed by atoms with Crippen molar-refractivity contribution in [1.29, 1.82) is 0 Å². The van der Waals surface area contributed by atoms with E-state index in [4.69, 9.17) is 25.6 Å². The summed E-state index contributed by atoms with van der Waals surface area (Å²) in [6.45, 7) is 4.39. The molecule has 140 valence electrons. The highest BCUT2D eigenvalue weighted by atomic mass is 35.5. The molecule has 1 heterocycles. The van der Waals surface area contributed by atoms with Crippen molar-refractivity contribution in [2.45, 2.75) is 20.5 Å². The number of rotatable bonds is 7. The normalized spacial score (nSPS) is 10.5. The van der Waals surface area contributed by atoms with E-state index in [-0.39, 0.29) is 18.2 Å². The third kappa shape index (κ3) is 4.80. The molecule has 7 heteroatoms. The molecule has 6 nitrogen and oxygen atoms in total. The Morgan fingerprint density at radius 3 is 2.37 bits per heavy atom. The molecule has 0 aliphatic heterocycles. The Balaban J connectivity index is 1.69. The van der Waals surface area contributed by atoms with Crippen molar-refractivity contribution in [3.63, 3.8) is 0 Å². The molecule has 0 aliphatic rings. The third-order valence-electron chi connectivity index (χ3n) is 3.82. The number of nitrogens with one attached hydrogen (secondary N) is 1. The van der Waals surface area contributed by atoms with Crippen LogP contribution in [0.2, 0.25) is 5.02 Å². The van der Waals surface area contributed by atoms with E-state index in [0.29, 0.717) is 34.4 Å². The molecule has 1 amide bonds. The molecule has 0 fully saturated rings. The van der Waals surface area contributed by atoms with E-state index < -0.39 is 0 Å². The summed E-state index contributed by atoms with van der Waals surface area (Å²) >= 11 is 5.87. The zero-order chi connectivity index (χ0) is 19.2. The summed E-state index contributed by atoms with van der Waals surface area (Å²) < 4.78 is 16.3. The van der Waals surface area contributed by atoms with Crippen molar-refractivity contribution in [3.05, 3.63) is 70.6 Å². The number of halogens is 1. The number of benzene rings is 2. The van der Waals surface area contributed by atoms with Gasteiger partial charge < -0.3 is 19.3 Å². The fraction of sp³-hybridized carbons (Fsp3) is 0.200. The fourth-order valence-electron chi connectivity index (χ4n) is 2.42. The number of amides is 1. The molecular formula is C20H19ClN2O4. The van der Waals surface area contributed by atoms with Crippen LogP contribution in [0, 0.1) is 6.92 Å². The lowest BCUT2D eigenvalue weighted by Gasteiger charge is -2.08. The van der Waals surface area contributed by atoms with Crippen LogP contribution in [-0.2, 0) is 6.61 Å². The standard InChI is InChI=1S/C20H19ClN2O4/c1-3-25-16-10-6-15(7-11-16)22-20(24)19-18(13(2)27-23-19)12-26-17-8-4-14(21)5-9-17/h4-11H,3,12H2,1-2H3,(H,22,24). The molecule has 3 rings (SSSR count). The predicted molar refractivity (Wildman–Crippen MR) is 103 cm³/mol. The third-order valence-corrected chi connectivity index (χ3v) is 4.07. The van der Waals surface area contributed by atoms with Crippen molar-refractivity contribution in [2.24, 2.45) is 0 Å².